The molecule has 0 fully saturated rings. The van der Waals surface area contributed by atoms with Gasteiger partial charge in [0.2, 0.25) is 0 Å². The SMILES string of the molecule is COC(=O)/C(C)=C/CNCCn1ccnn1. The van der Waals surface area contributed by atoms with Crippen LogP contribution >= 0.6 is 0 Å². The lowest BCUT2D eigenvalue weighted by atomic mass is 10.3. The Morgan fingerprint density at radius 3 is 3.06 bits per heavy atom. The predicted molar refractivity (Wildman–Crippen MR) is 58.7 cm³/mol. The molecule has 0 bridgehead atoms. The van der Waals surface area contributed by atoms with Gasteiger partial charge in [-0.15, -0.1) is 5.10 Å². The van der Waals surface area contributed by atoms with Gasteiger partial charge in [-0.05, 0) is 6.92 Å². The molecular weight excluding hydrogens is 208 g/mol. The lowest BCUT2D eigenvalue weighted by Gasteiger charge is -2.02. The molecule has 1 heterocycles. The van der Waals surface area contributed by atoms with E-state index >= 15 is 0 Å². The number of carbonyl (C=O) groups excluding carboxylic acids is 1. The quantitative estimate of drug-likeness (QED) is 0.418. The highest BCUT2D eigenvalue weighted by Gasteiger charge is 2.00. The summed E-state index contributed by atoms with van der Waals surface area (Å²) in [7, 11) is 1.37. The number of methoxy groups -OCH3 is 1. The number of nitrogens with one attached hydrogen (secondary N) is 1. The van der Waals surface area contributed by atoms with Crippen LogP contribution in [0.2, 0.25) is 0 Å². The van der Waals surface area contributed by atoms with Gasteiger partial charge in [0.05, 0.1) is 19.9 Å². The van der Waals surface area contributed by atoms with Crippen molar-refractivity contribution in [3.63, 3.8) is 0 Å². The highest BCUT2D eigenvalue weighted by Crippen LogP contribution is 1.93. The van der Waals surface area contributed by atoms with Crippen LogP contribution in [0.5, 0.6) is 0 Å². The van der Waals surface area contributed by atoms with Crippen LogP contribution in [0.4, 0.5) is 0 Å². The van der Waals surface area contributed by atoms with Gasteiger partial charge in [0.1, 0.15) is 0 Å². The van der Waals surface area contributed by atoms with E-state index in [1.54, 1.807) is 30.1 Å². The normalized spacial score (nSPS) is 11.5. The topological polar surface area (TPSA) is 69.0 Å². The Bertz CT molecular complexity index is 346. The van der Waals surface area contributed by atoms with E-state index in [-0.39, 0.29) is 5.97 Å². The van der Waals surface area contributed by atoms with E-state index < -0.39 is 0 Å². The summed E-state index contributed by atoms with van der Waals surface area (Å²) in [5.74, 6) is -0.293. The lowest BCUT2D eigenvalue weighted by molar-refractivity contribution is -0.136. The van der Waals surface area contributed by atoms with Crippen LogP contribution in [0.25, 0.3) is 0 Å². The minimum atomic E-state index is -0.293. The largest absolute Gasteiger partial charge is 0.466 e. The third-order valence-electron chi connectivity index (χ3n) is 2.05. The van der Waals surface area contributed by atoms with E-state index in [1.807, 2.05) is 0 Å². The van der Waals surface area contributed by atoms with E-state index in [0.29, 0.717) is 12.1 Å². The zero-order valence-electron chi connectivity index (χ0n) is 9.51. The molecule has 0 amide bonds. The zero-order valence-corrected chi connectivity index (χ0v) is 9.51. The number of nitrogens with zero attached hydrogens (tertiary/aromatic N) is 3. The van der Waals surface area contributed by atoms with Gasteiger partial charge in [0, 0.05) is 24.9 Å². The van der Waals surface area contributed by atoms with Gasteiger partial charge in [-0.2, -0.15) is 0 Å². The standard InChI is InChI=1S/C10H16N4O2/c1-9(10(15)16-2)3-4-11-5-7-14-8-6-12-13-14/h3,6,8,11H,4-5,7H2,1-2H3/b9-3+. The molecule has 16 heavy (non-hydrogen) atoms. The van der Waals surface area contributed by atoms with Crippen molar-refractivity contribution in [2.75, 3.05) is 20.2 Å². The molecule has 6 nitrogen and oxygen atoms in total. The molecular formula is C10H16N4O2. The van der Waals surface area contributed by atoms with E-state index in [9.17, 15) is 4.79 Å². The first kappa shape index (κ1) is 12.4. The van der Waals surface area contributed by atoms with Crippen molar-refractivity contribution in [1.82, 2.24) is 20.3 Å². The molecule has 0 spiro atoms. The van der Waals surface area contributed by atoms with Gasteiger partial charge in [-0.3, -0.25) is 4.68 Å². The maximum Gasteiger partial charge on any atom is 0.333 e. The fourth-order valence-electron chi connectivity index (χ4n) is 1.12. The third-order valence-corrected chi connectivity index (χ3v) is 2.05. The molecule has 1 aromatic heterocycles. The van der Waals surface area contributed by atoms with Gasteiger partial charge in [-0.25, -0.2) is 4.79 Å². The average Bonchev–Trinajstić information content (AvgIpc) is 2.80. The minimum absolute atomic E-state index is 0.293. The van der Waals surface area contributed by atoms with Crippen molar-refractivity contribution in [3.8, 4) is 0 Å². The number of rotatable bonds is 6. The lowest BCUT2D eigenvalue weighted by Crippen LogP contribution is -2.21. The first-order valence-corrected chi connectivity index (χ1v) is 5.04. The molecule has 0 radical (unpaired) electrons. The fourth-order valence-corrected chi connectivity index (χ4v) is 1.12. The van der Waals surface area contributed by atoms with Gasteiger partial charge in [0.15, 0.2) is 0 Å². The number of hydrogen-bond acceptors (Lipinski definition) is 5. The monoisotopic (exact) mass is 224 g/mol. The summed E-state index contributed by atoms with van der Waals surface area (Å²) in [4.78, 5) is 11.0. The number of aromatic nitrogens is 3. The summed E-state index contributed by atoms with van der Waals surface area (Å²) in [5, 5.41) is 10.7. The van der Waals surface area contributed by atoms with E-state index in [2.05, 4.69) is 20.4 Å². The van der Waals surface area contributed by atoms with Gasteiger partial charge >= 0.3 is 5.97 Å². The Kier molecular flexibility index (Phi) is 5.21. The molecule has 0 saturated carbocycles. The average molecular weight is 224 g/mol. The Labute approximate surface area is 94.3 Å². The van der Waals surface area contributed by atoms with Crippen molar-refractivity contribution in [2.24, 2.45) is 0 Å². The highest BCUT2D eigenvalue weighted by molar-refractivity contribution is 5.87. The second-order valence-corrected chi connectivity index (χ2v) is 3.25. The van der Waals surface area contributed by atoms with E-state index in [4.69, 9.17) is 0 Å². The smallest absolute Gasteiger partial charge is 0.333 e. The molecule has 0 aliphatic carbocycles. The first-order valence-electron chi connectivity index (χ1n) is 5.04. The van der Waals surface area contributed by atoms with Crippen LogP contribution in [-0.4, -0.2) is 41.2 Å². The third kappa shape index (κ3) is 4.22. The Hall–Kier alpha value is -1.69. The molecule has 0 atom stereocenters. The first-order chi connectivity index (χ1) is 7.74. The van der Waals surface area contributed by atoms with E-state index in [1.165, 1.54) is 7.11 Å². The fraction of sp³-hybridized carbons (Fsp3) is 0.500. The van der Waals surface area contributed by atoms with E-state index in [0.717, 1.165) is 13.1 Å². The molecule has 1 N–H and O–H groups in total. The van der Waals surface area contributed by atoms with Crippen molar-refractivity contribution >= 4 is 5.97 Å². The summed E-state index contributed by atoms with van der Waals surface area (Å²) in [6.07, 6.45) is 5.24. The van der Waals surface area contributed by atoms with Crippen LogP contribution in [0.1, 0.15) is 6.92 Å². The molecule has 0 aliphatic heterocycles. The molecule has 0 aliphatic rings. The van der Waals surface area contributed by atoms with Crippen molar-refractivity contribution in [3.05, 3.63) is 24.0 Å². The second-order valence-electron chi connectivity index (χ2n) is 3.25. The maximum absolute atomic E-state index is 11.0. The molecule has 6 heteroatoms. The number of esters is 1. The summed E-state index contributed by atoms with van der Waals surface area (Å²) in [5.41, 5.74) is 0.607. The summed E-state index contributed by atoms with van der Waals surface area (Å²) in [6.45, 7) is 3.89. The predicted octanol–water partition coefficient (Wildman–Crippen LogP) is -0.0130. The van der Waals surface area contributed by atoms with Crippen LogP contribution in [-0.2, 0) is 16.1 Å². The molecule has 88 valence electrons. The van der Waals surface area contributed by atoms with Crippen molar-refractivity contribution in [1.29, 1.82) is 0 Å². The van der Waals surface area contributed by atoms with Crippen LogP contribution in [0, 0.1) is 0 Å². The Morgan fingerprint density at radius 1 is 1.62 bits per heavy atom. The summed E-state index contributed by atoms with van der Waals surface area (Å²) in [6, 6.07) is 0. The number of ether oxygens (including phenoxy) is 1. The molecule has 0 aromatic carbocycles. The van der Waals surface area contributed by atoms with Crippen molar-refractivity contribution in [2.45, 2.75) is 13.5 Å². The molecule has 0 unspecified atom stereocenters. The second kappa shape index (κ2) is 6.73. The van der Waals surface area contributed by atoms with Crippen LogP contribution < -0.4 is 5.32 Å². The zero-order chi connectivity index (χ0) is 11.8. The van der Waals surface area contributed by atoms with Gasteiger partial charge < -0.3 is 10.1 Å². The number of hydrogen-bond donors (Lipinski definition) is 1. The van der Waals surface area contributed by atoms with Crippen LogP contribution in [0.3, 0.4) is 0 Å². The summed E-state index contributed by atoms with van der Waals surface area (Å²) >= 11 is 0. The minimum Gasteiger partial charge on any atom is -0.466 e. The molecule has 0 saturated heterocycles. The molecule has 1 rings (SSSR count). The Balaban J connectivity index is 2.14. The Morgan fingerprint density at radius 2 is 2.44 bits per heavy atom. The number of carbonyl (C=O) groups is 1. The summed E-state index contributed by atoms with van der Waals surface area (Å²) < 4.78 is 6.31. The highest BCUT2D eigenvalue weighted by atomic mass is 16.5. The maximum atomic E-state index is 11.0. The van der Waals surface area contributed by atoms with Crippen LogP contribution in [0.15, 0.2) is 24.0 Å². The van der Waals surface area contributed by atoms with Gasteiger partial charge in [-0.1, -0.05) is 11.3 Å². The molecule has 1 aromatic rings. The van der Waals surface area contributed by atoms with Crippen molar-refractivity contribution < 1.29 is 9.53 Å². The van der Waals surface area contributed by atoms with Gasteiger partial charge in [0.25, 0.3) is 0 Å².